The minimum absolute atomic E-state index is 0.178. The smallest absolute Gasteiger partial charge is 0.329 e. The number of nitrogens with zero attached hydrogens (tertiary/aromatic N) is 1. The maximum absolute atomic E-state index is 10.4. The Hall–Kier alpha value is -0.610. The summed E-state index contributed by atoms with van der Waals surface area (Å²) >= 11 is 0. The molecule has 0 aromatic rings. The van der Waals surface area contributed by atoms with Crippen LogP contribution in [0.25, 0.3) is 0 Å². The van der Waals surface area contributed by atoms with E-state index in [2.05, 4.69) is 11.8 Å². The van der Waals surface area contributed by atoms with Crippen LogP contribution in [-0.2, 0) is 9.53 Å². The summed E-state index contributed by atoms with van der Waals surface area (Å²) in [4.78, 5) is 12.8. The van der Waals surface area contributed by atoms with Gasteiger partial charge in [0.1, 0.15) is 6.61 Å². The molecule has 1 N–H and O–H groups in total. The van der Waals surface area contributed by atoms with Crippen LogP contribution in [-0.4, -0.2) is 47.3 Å². The van der Waals surface area contributed by atoms with E-state index >= 15 is 0 Å². The molecule has 15 heavy (non-hydrogen) atoms. The number of carboxylic acid groups (broad SMARTS) is 1. The Bertz CT molecular complexity index is 257. The highest BCUT2D eigenvalue weighted by atomic mass is 16.5. The lowest BCUT2D eigenvalue weighted by atomic mass is 9.93. The molecule has 0 amide bonds. The highest BCUT2D eigenvalue weighted by Crippen LogP contribution is 2.39. The van der Waals surface area contributed by atoms with Gasteiger partial charge in [-0.15, -0.1) is 0 Å². The summed E-state index contributed by atoms with van der Waals surface area (Å²) < 4.78 is 5.37. The van der Waals surface area contributed by atoms with Gasteiger partial charge in [-0.3, -0.25) is 4.90 Å². The molecule has 1 saturated carbocycles. The van der Waals surface area contributed by atoms with Gasteiger partial charge in [-0.2, -0.15) is 0 Å². The van der Waals surface area contributed by atoms with Gasteiger partial charge in [0.15, 0.2) is 0 Å². The van der Waals surface area contributed by atoms with Crippen molar-refractivity contribution < 1.29 is 14.6 Å². The van der Waals surface area contributed by atoms with E-state index in [1.807, 2.05) is 6.92 Å². The topological polar surface area (TPSA) is 49.8 Å². The first-order chi connectivity index (χ1) is 7.00. The van der Waals surface area contributed by atoms with Gasteiger partial charge >= 0.3 is 5.97 Å². The number of carbonyl (C=O) groups is 1. The van der Waals surface area contributed by atoms with Crippen molar-refractivity contribution in [1.82, 2.24) is 4.90 Å². The number of rotatable bonds is 5. The van der Waals surface area contributed by atoms with Crippen molar-refractivity contribution in [3.63, 3.8) is 0 Å². The van der Waals surface area contributed by atoms with E-state index in [1.165, 1.54) is 12.8 Å². The SMILES string of the molecule is CC(C1CC1)N1CC(C)(OCC(=O)O)C1. The van der Waals surface area contributed by atoms with Crippen LogP contribution < -0.4 is 0 Å². The Morgan fingerprint density at radius 2 is 2.20 bits per heavy atom. The molecule has 0 bridgehead atoms. The molecule has 1 atom stereocenters. The average Bonchev–Trinajstić information content (AvgIpc) is 2.92. The van der Waals surface area contributed by atoms with Crippen molar-refractivity contribution in [3.8, 4) is 0 Å². The first-order valence-electron chi connectivity index (χ1n) is 5.60. The number of aliphatic carboxylic acids is 1. The summed E-state index contributed by atoms with van der Waals surface area (Å²) in [5.41, 5.74) is -0.235. The molecule has 2 rings (SSSR count). The largest absolute Gasteiger partial charge is 0.480 e. The maximum atomic E-state index is 10.4. The first-order valence-corrected chi connectivity index (χ1v) is 5.60. The second-order valence-corrected chi connectivity index (χ2v) is 5.12. The van der Waals surface area contributed by atoms with Crippen LogP contribution in [0.15, 0.2) is 0 Å². The first kappa shape index (κ1) is 10.9. The molecule has 86 valence electrons. The molecule has 1 aliphatic carbocycles. The van der Waals surface area contributed by atoms with Gasteiger partial charge in [-0.05, 0) is 32.6 Å². The lowest BCUT2D eigenvalue weighted by Crippen LogP contribution is -2.64. The summed E-state index contributed by atoms with van der Waals surface area (Å²) in [6.45, 7) is 5.82. The van der Waals surface area contributed by atoms with Crippen molar-refractivity contribution >= 4 is 5.97 Å². The molecule has 0 aromatic carbocycles. The highest BCUT2D eigenvalue weighted by molar-refractivity contribution is 5.68. The number of ether oxygens (including phenoxy) is 1. The third kappa shape index (κ3) is 2.49. The van der Waals surface area contributed by atoms with Crippen LogP contribution in [0.3, 0.4) is 0 Å². The molecular weight excluding hydrogens is 194 g/mol. The van der Waals surface area contributed by atoms with E-state index in [0.29, 0.717) is 6.04 Å². The fourth-order valence-electron chi connectivity index (χ4n) is 2.30. The van der Waals surface area contributed by atoms with Crippen LogP contribution in [0.1, 0.15) is 26.7 Å². The zero-order valence-electron chi connectivity index (χ0n) is 9.40. The normalized spacial score (nSPS) is 27.1. The van der Waals surface area contributed by atoms with Gasteiger partial charge < -0.3 is 9.84 Å². The van der Waals surface area contributed by atoms with Crippen LogP contribution in [0.4, 0.5) is 0 Å². The Balaban J connectivity index is 1.72. The molecule has 1 aliphatic heterocycles. The fourth-order valence-corrected chi connectivity index (χ4v) is 2.30. The summed E-state index contributed by atoms with van der Waals surface area (Å²) in [6, 6.07) is 0.645. The number of likely N-dealkylation sites (tertiary alicyclic amines) is 1. The Labute approximate surface area is 90.2 Å². The van der Waals surface area contributed by atoms with Crippen molar-refractivity contribution in [3.05, 3.63) is 0 Å². The van der Waals surface area contributed by atoms with Crippen molar-refractivity contribution in [2.75, 3.05) is 19.7 Å². The summed E-state index contributed by atoms with van der Waals surface area (Å²) in [6.07, 6.45) is 2.70. The fraction of sp³-hybridized carbons (Fsp3) is 0.909. The molecule has 0 radical (unpaired) electrons. The zero-order chi connectivity index (χ0) is 11.1. The lowest BCUT2D eigenvalue weighted by Gasteiger charge is -2.50. The van der Waals surface area contributed by atoms with Gasteiger partial charge in [0.05, 0.1) is 5.60 Å². The third-order valence-electron chi connectivity index (χ3n) is 3.50. The highest BCUT2D eigenvalue weighted by Gasteiger charge is 2.45. The minimum atomic E-state index is -0.884. The number of hydrogen-bond donors (Lipinski definition) is 1. The molecule has 0 aromatic heterocycles. The Morgan fingerprint density at radius 1 is 1.60 bits per heavy atom. The molecule has 2 aliphatic rings. The zero-order valence-corrected chi connectivity index (χ0v) is 9.40. The quantitative estimate of drug-likeness (QED) is 0.739. The molecule has 4 heteroatoms. The predicted octanol–water partition coefficient (Wildman–Crippen LogP) is 0.960. The number of hydrogen-bond acceptors (Lipinski definition) is 3. The van der Waals surface area contributed by atoms with E-state index in [9.17, 15) is 4.79 Å². The summed E-state index contributed by atoms with van der Waals surface area (Å²) in [5, 5.41) is 8.53. The van der Waals surface area contributed by atoms with E-state index in [-0.39, 0.29) is 12.2 Å². The number of carboxylic acids is 1. The van der Waals surface area contributed by atoms with Crippen LogP contribution in [0.5, 0.6) is 0 Å². The van der Waals surface area contributed by atoms with E-state index in [0.717, 1.165) is 19.0 Å². The second kappa shape index (κ2) is 3.76. The van der Waals surface area contributed by atoms with Crippen LogP contribution in [0.2, 0.25) is 0 Å². The van der Waals surface area contributed by atoms with Crippen molar-refractivity contribution in [2.24, 2.45) is 5.92 Å². The average molecular weight is 213 g/mol. The summed E-state index contributed by atoms with van der Waals surface area (Å²) in [5.74, 6) is -0.0149. The standard InChI is InChI=1S/C11H19NO3/c1-8(9-3-4-9)12-6-11(2,7-12)15-5-10(13)14/h8-9H,3-7H2,1-2H3,(H,13,14). The minimum Gasteiger partial charge on any atom is -0.480 e. The third-order valence-corrected chi connectivity index (χ3v) is 3.50. The van der Waals surface area contributed by atoms with Gasteiger partial charge in [-0.1, -0.05) is 0 Å². The van der Waals surface area contributed by atoms with Gasteiger partial charge in [0, 0.05) is 19.1 Å². The summed E-state index contributed by atoms with van der Waals surface area (Å²) in [7, 11) is 0. The van der Waals surface area contributed by atoms with E-state index < -0.39 is 5.97 Å². The van der Waals surface area contributed by atoms with Crippen molar-refractivity contribution in [1.29, 1.82) is 0 Å². The molecule has 1 unspecified atom stereocenters. The molecular formula is C11H19NO3. The van der Waals surface area contributed by atoms with Gasteiger partial charge in [0.25, 0.3) is 0 Å². The van der Waals surface area contributed by atoms with Crippen LogP contribution in [0, 0.1) is 5.92 Å². The lowest BCUT2D eigenvalue weighted by molar-refractivity contribution is -0.169. The second-order valence-electron chi connectivity index (χ2n) is 5.12. The van der Waals surface area contributed by atoms with Crippen molar-refractivity contribution in [2.45, 2.75) is 38.3 Å². The molecule has 1 heterocycles. The maximum Gasteiger partial charge on any atom is 0.329 e. The monoisotopic (exact) mass is 213 g/mol. The molecule has 0 spiro atoms. The van der Waals surface area contributed by atoms with Gasteiger partial charge in [0.2, 0.25) is 0 Å². The predicted molar refractivity (Wildman–Crippen MR) is 55.8 cm³/mol. The van der Waals surface area contributed by atoms with E-state index in [1.54, 1.807) is 0 Å². The molecule has 2 fully saturated rings. The van der Waals surface area contributed by atoms with Gasteiger partial charge in [-0.25, -0.2) is 4.79 Å². The molecule has 4 nitrogen and oxygen atoms in total. The van der Waals surface area contributed by atoms with E-state index in [4.69, 9.17) is 9.84 Å². The Morgan fingerprint density at radius 3 is 2.67 bits per heavy atom. The molecule has 1 saturated heterocycles. The van der Waals surface area contributed by atoms with Crippen LogP contribution >= 0.6 is 0 Å². The Kier molecular flexibility index (Phi) is 2.73.